The molecule has 0 aromatic heterocycles. The van der Waals surface area contributed by atoms with Gasteiger partial charge in [-0.25, -0.2) is 0 Å². The van der Waals surface area contributed by atoms with Crippen molar-refractivity contribution < 1.29 is 18.0 Å². The molecular formula is C12H16F3N3O. The van der Waals surface area contributed by atoms with E-state index in [0.29, 0.717) is 6.42 Å². The summed E-state index contributed by atoms with van der Waals surface area (Å²) in [5.41, 5.74) is 11.0. The van der Waals surface area contributed by atoms with Crippen LogP contribution in [0.3, 0.4) is 0 Å². The van der Waals surface area contributed by atoms with Crippen LogP contribution in [-0.4, -0.2) is 25.2 Å². The summed E-state index contributed by atoms with van der Waals surface area (Å²) in [5.74, 6) is -0.800. The maximum atomic E-state index is 12.6. The third kappa shape index (κ3) is 4.04. The molecule has 1 amide bonds. The summed E-state index contributed by atoms with van der Waals surface area (Å²) in [7, 11) is 0. The molecule has 0 spiro atoms. The first kappa shape index (κ1) is 15.1. The summed E-state index contributed by atoms with van der Waals surface area (Å²) in [4.78, 5) is 12.3. The second-order valence-corrected chi connectivity index (χ2v) is 4.14. The number of hydrogen-bond acceptors (Lipinski definition) is 3. The van der Waals surface area contributed by atoms with Crippen LogP contribution < -0.4 is 16.4 Å². The van der Waals surface area contributed by atoms with Gasteiger partial charge in [0.25, 0.3) is 5.91 Å². The number of hydrogen-bond donors (Lipinski definition) is 2. The highest BCUT2D eigenvalue weighted by atomic mass is 19.4. The Labute approximate surface area is 109 Å². The van der Waals surface area contributed by atoms with Gasteiger partial charge in [0.15, 0.2) is 0 Å². The van der Waals surface area contributed by atoms with E-state index < -0.39 is 18.6 Å². The number of anilines is 2. The molecule has 0 aliphatic rings. The molecule has 1 aromatic carbocycles. The van der Waals surface area contributed by atoms with Gasteiger partial charge < -0.3 is 16.4 Å². The van der Waals surface area contributed by atoms with Crippen molar-refractivity contribution >= 4 is 17.3 Å². The average Bonchev–Trinajstić information content (AvgIpc) is 2.26. The lowest BCUT2D eigenvalue weighted by molar-refractivity contribution is -0.119. The number of amides is 1. The Kier molecular flexibility index (Phi) is 4.63. The molecule has 1 rings (SSSR count). The quantitative estimate of drug-likeness (QED) is 0.809. The first-order valence-electron chi connectivity index (χ1n) is 5.76. The van der Waals surface area contributed by atoms with Crippen LogP contribution in [-0.2, 0) is 0 Å². The van der Waals surface area contributed by atoms with Crippen molar-refractivity contribution in [2.24, 2.45) is 5.73 Å². The van der Waals surface area contributed by atoms with Gasteiger partial charge in [-0.3, -0.25) is 4.79 Å². The number of carbonyl (C=O) groups excluding carboxylic acids is 1. The predicted molar refractivity (Wildman–Crippen MR) is 67.9 cm³/mol. The molecule has 0 heterocycles. The fourth-order valence-corrected chi connectivity index (χ4v) is 1.87. The Bertz CT molecular complexity index is 460. The average molecular weight is 275 g/mol. The van der Waals surface area contributed by atoms with E-state index in [4.69, 9.17) is 11.5 Å². The topological polar surface area (TPSA) is 72.3 Å². The lowest BCUT2D eigenvalue weighted by Gasteiger charge is -2.28. The largest absolute Gasteiger partial charge is 0.405 e. The molecule has 7 heteroatoms. The van der Waals surface area contributed by atoms with E-state index in [1.165, 1.54) is 18.2 Å². The first-order valence-corrected chi connectivity index (χ1v) is 5.76. The standard InChI is InChI=1S/C12H16F3N3O/c1-2-6-18(7-12(13,14)15)10-8(11(17)19)4-3-5-9(10)16/h3-5H,2,6-7,16H2,1H3,(H2,17,19). The zero-order chi connectivity index (χ0) is 14.6. The fourth-order valence-electron chi connectivity index (χ4n) is 1.87. The van der Waals surface area contributed by atoms with Crippen molar-refractivity contribution in [1.82, 2.24) is 0 Å². The molecule has 0 unspecified atom stereocenters. The Morgan fingerprint density at radius 1 is 1.37 bits per heavy atom. The molecule has 0 bridgehead atoms. The van der Waals surface area contributed by atoms with Crippen LogP contribution in [0.25, 0.3) is 0 Å². The molecule has 0 radical (unpaired) electrons. The minimum absolute atomic E-state index is 0.00213. The van der Waals surface area contributed by atoms with Gasteiger partial charge in [-0.05, 0) is 18.6 Å². The van der Waals surface area contributed by atoms with Crippen molar-refractivity contribution in [3.05, 3.63) is 23.8 Å². The zero-order valence-corrected chi connectivity index (χ0v) is 10.5. The number of nitrogen functional groups attached to an aromatic ring is 1. The highest BCUT2D eigenvalue weighted by molar-refractivity contribution is 6.01. The van der Waals surface area contributed by atoms with Gasteiger partial charge in [-0.2, -0.15) is 13.2 Å². The van der Waals surface area contributed by atoms with E-state index in [-0.39, 0.29) is 23.5 Å². The maximum Gasteiger partial charge on any atom is 0.405 e. The normalized spacial score (nSPS) is 11.4. The number of primary amides is 1. The van der Waals surface area contributed by atoms with E-state index in [9.17, 15) is 18.0 Å². The van der Waals surface area contributed by atoms with Gasteiger partial charge in [0.1, 0.15) is 6.54 Å². The summed E-state index contributed by atoms with van der Waals surface area (Å²) < 4.78 is 37.7. The highest BCUT2D eigenvalue weighted by Gasteiger charge is 2.32. The van der Waals surface area contributed by atoms with Gasteiger partial charge in [-0.1, -0.05) is 13.0 Å². The molecule has 106 valence electrons. The minimum Gasteiger partial charge on any atom is -0.397 e. The van der Waals surface area contributed by atoms with Crippen molar-refractivity contribution in [2.45, 2.75) is 19.5 Å². The number of rotatable bonds is 5. The number of para-hydroxylation sites is 1. The number of benzene rings is 1. The first-order chi connectivity index (χ1) is 8.76. The van der Waals surface area contributed by atoms with Crippen LogP contribution in [0.15, 0.2) is 18.2 Å². The van der Waals surface area contributed by atoms with Gasteiger partial charge in [0.2, 0.25) is 0 Å². The van der Waals surface area contributed by atoms with Crippen LogP contribution in [0.4, 0.5) is 24.5 Å². The van der Waals surface area contributed by atoms with E-state index >= 15 is 0 Å². The third-order valence-corrected chi connectivity index (χ3v) is 2.51. The Balaban J connectivity index is 3.25. The molecule has 0 saturated carbocycles. The third-order valence-electron chi connectivity index (χ3n) is 2.51. The highest BCUT2D eigenvalue weighted by Crippen LogP contribution is 2.30. The number of carbonyl (C=O) groups is 1. The molecule has 0 aliphatic carbocycles. The summed E-state index contributed by atoms with van der Waals surface area (Å²) in [5, 5.41) is 0. The molecular weight excluding hydrogens is 259 g/mol. The molecule has 0 fully saturated rings. The van der Waals surface area contributed by atoms with Crippen LogP contribution in [0.2, 0.25) is 0 Å². The minimum atomic E-state index is -4.38. The van der Waals surface area contributed by atoms with E-state index in [1.54, 1.807) is 6.92 Å². The van der Waals surface area contributed by atoms with E-state index in [2.05, 4.69) is 0 Å². The van der Waals surface area contributed by atoms with Crippen molar-refractivity contribution in [3.8, 4) is 0 Å². The molecule has 0 atom stereocenters. The number of nitrogens with zero attached hydrogens (tertiary/aromatic N) is 1. The van der Waals surface area contributed by atoms with Crippen molar-refractivity contribution in [3.63, 3.8) is 0 Å². The number of halogens is 3. The molecule has 19 heavy (non-hydrogen) atoms. The summed E-state index contributed by atoms with van der Waals surface area (Å²) in [6, 6.07) is 4.30. The summed E-state index contributed by atoms with van der Waals surface area (Å²) >= 11 is 0. The maximum absolute atomic E-state index is 12.6. The van der Waals surface area contributed by atoms with Crippen LogP contribution in [0.1, 0.15) is 23.7 Å². The number of nitrogens with two attached hydrogens (primary N) is 2. The molecule has 1 aromatic rings. The smallest absolute Gasteiger partial charge is 0.397 e. The van der Waals surface area contributed by atoms with Crippen LogP contribution >= 0.6 is 0 Å². The Morgan fingerprint density at radius 3 is 2.47 bits per heavy atom. The van der Waals surface area contributed by atoms with Gasteiger partial charge in [-0.15, -0.1) is 0 Å². The lowest BCUT2D eigenvalue weighted by Crippen LogP contribution is -2.36. The number of alkyl halides is 3. The second-order valence-electron chi connectivity index (χ2n) is 4.14. The van der Waals surface area contributed by atoms with E-state index in [0.717, 1.165) is 4.90 Å². The summed E-state index contributed by atoms with van der Waals surface area (Å²) in [6.07, 6.45) is -3.89. The Hall–Kier alpha value is -1.92. The van der Waals surface area contributed by atoms with Gasteiger partial charge in [0.05, 0.1) is 16.9 Å². The second kappa shape index (κ2) is 5.81. The van der Waals surface area contributed by atoms with Crippen LogP contribution in [0, 0.1) is 0 Å². The molecule has 4 N–H and O–H groups in total. The van der Waals surface area contributed by atoms with Gasteiger partial charge in [0, 0.05) is 6.54 Å². The predicted octanol–water partition coefficient (Wildman–Crippen LogP) is 2.15. The monoisotopic (exact) mass is 275 g/mol. The van der Waals surface area contributed by atoms with Crippen LogP contribution in [0.5, 0.6) is 0 Å². The lowest BCUT2D eigenvalue weighted by atomic mass is 10.1. The van der Waals surface area contributed by atoms with E-state index in [1.807, 2.05) is 0 Å². The molecule has 0 saturated heterocycles. The van der Waals surface area contributed by atoms with Crippen molar-refractivity contribution in [2.75, 3.05) is 23.7 Å². The fraction of sp³-hybridized carbons (Fsp3) is 0.417. The van der Waals surface area contributed by atoms with Gasteiger partial charge >= 0.3 is 6.18 Å². The molecule has 0 aliphatic heterocycles. The SMILES string of the molecule is CCCN(CC(F)(F)F)c1c(N)cccc1C(N)=O. The van der Waals surface area contributed by atoms with Crippen molar-refractivity contribution in [1.29, 1.82) is 0 Å². The molecule has 4 nitrogen and oxygen atoms in total. The zero-order valence-electron chi connectivity index (χ0n) is 10.5. The Morgan fingerprint density at radius 2 is 2.00 bits per heavy atom. The summed E-state index contributed by atoms with van der Waals surface area (Å²) in [6.45, 7) is 0.704.